The van der Waals surface area contributed by atoms with Crippen LogP contribution in [-0.2, 0) is 38.2 Å². The van der Waals surface area contributed by atoms with Crippen LogP contribution in [0.25, 0.3) is 0 Å². The predicted molar refractivity (Wildman–Crippen MR) is 101 cm³/mol. The van der Waals surface area contributed by atoms with Crippen LogP contribution in [0.2, 0.25) is 0 Å². The van der Waals surface area contributed by atoms with E-state index in [1.807, 2.05) is 6.07 Å². The molecule has 3 fully saturated rings. The highest BCUT2D eigenvalue weighted by atomic mass is 32.2. The van der Waals surface area contributed by atoms with Gasteiger partial charge in [-0.25, -0.2) is 4.18 Å². The standard InChI is InChI=1S/C19H25NO8S/c1-17(2)25-14-11-23-19(16(15(14)26-17)27-18(3,4)28-19)12-24-29(21,22)20-10-13-8-6-5-7-9-13/h5-10,14-16H,11-12H2,1-4H3/t14-,15-,16?,19+/m1/s1. The molecular formula is C19H25NO8S. The number of hydrogen-bond donors (Lipinski definition) is 0. The topological polar surface area (TPSA) is 102 Å². The lowest BCUT2D eigenvalue weighted by Gasteiger charge is -2.40. The summed E-state index contributed by atoms with van der Waals surface area (Å²) in [7, 11) is -4.22. The molecule has 0 spiro atoms. The van der Waals surface area contributed by atoms with E-state index >= 15 is 0 Å². The highest BCUT2D eigenvalue weighted by Crippen LogP contribution is 2.47. The Balaban J connectivity index is 1.51. The average molecular weight is 427 g/mol. The van der Waals surface area contributed by atoms with Crippen LogP contribution in [0.5, 0.6) is 0 Å². The molecule has 1 aromatic rings. The van der Waals surface area contributed by atoms with Crippen molar-refractivity contribution in [1.82, 2.24) is 0 Å². The van der Waals surface area contributed by atoms with Gasteiger partial charge in [0.05, 0.1) is 6.61 Å². The van der Waals surface area contributed by atoms with Crippen molar-refractivity contribution in [3.05, 3.63) is 35.9 Å². The molecule has 0 saturated carbocycles. The van der Waals surface area contributed by atoms with E-state index in [9.17, 15) is 8.42 Å². The number of hydrogen-bond acceptors (Lipinski definition) is 8. The van der Waals surface area contributed by atoms with Crippen molar-refractivity contribution in [3.63, 3.8) is 0 Å². The van der Waals surface area contributed by atoms with E-state index in [1.165, 1.54) is 6.21 Å². The molecule has 3 heterocycles. The van der Waals surface area contributed by atoms with Crippen molar-refractivity contribution < 1.29 is 36.3 Å². The summed E-state index contributed by atoms with van der Waals surface area (Å²) in [4.78, 5) is 0. The maximum absolute atomic E-state index is 12.3. The molecule has 0 N–H and O–H groups in total. The molecule has 3 saturated heterocycles. The molecule has 0 amide bonds. The zero-order valence-electron chi connectivity index (χ0n) is 16.7. The van der Waals surface area contributed by atoms with Crippen LogP contribution in [0.15, 0.2) is 34.7 Å². The summed E-state index contributed by atoms with van der Waals surface area (Å²) in [5.74, 6) is -3.28. The fourth-order valence-corrected chi connectivity index (χ4v) is 4.42. The van der Waals surface area contributed by atoms with Crippen LogP contribution >= 0.6 is 0 Å². The molecule has 0 aromatic heterocycles. The molecule has 1 aromatic carbocycles. The van der Waals surface area contributed by atoms with Gasteiger partial charge in [-0.15, -0.1) is 4.40 Å². The minimum absolute atomic E-state index is 0.153. The smallest absolute Gasteiger partial charge is 0.343 e. The maximum atomic E-state index is 12.3. The van der Waals surface area contributed by atoms with Gasteiger partial charge in [0.25, 0.3) is 0 Å². The zero-order valence-corrected chi connectivity index (χ0v) is 17.5. The first-order valence-electron chi connectivity index (χ1n) is 9.37. The van der Waals surface area contributed by atoms with Gasteiger partial charge in [0.2, 0.25) is 5.79 Å². The van der Waals surface area contributed by atoms with Crippen molar-refractivity contribution in [2.75, 3.05) is 13.2 Å². The van der Waals surface area contributed by atoms with Crippen LogP contribution < -0.4 is 0 Å². The van der Waals surface area contributed by atoms with Crippen molar-refractivity contribution in [2.45, 2.75) is 63.4 Å². The second-order valence-corrected chi connectivity index (χ2v) is 9.44. The van der Waals surface area contributed by atoms with E-state index in [4.69, 9.17) is 27.9 Å². The number of benzene rings is 1. The van der Waals surface area contributed by atoms with E-state index < -0.39 is 46.5 Å². The molecule has 9 nitrogen and oxygen atoms in total. The summed E-state index contributed by atoms with van der Waals surface area (Å²) < 4.78 is 63.0. The van der Waals surface area contributed by atoms with Crippen molar-refractivity contribution in [1.29, 1.82) is 0 Å². The third kappa shape index (κ3) is 4.38. The summed E-state index contributed by atoms with van der Waals surface area (Å²) >= 11 is 0. The number of rotatable bonds is 5. The summed E-state index contributed by atoms with van der Waals surface area (Å²) in [6.45, 7) is 6.76. The molecule has 4 rings (SSSR count). The lowest BCUT2D eigenvalue weighted by atomic mass is 9.98. The Bertz CT molecular complexity index is 885. The number of fused-ring (bicyclic) bond motifs is 3. The molecular weight excluding hydrogens is 402 g/mol. The van der Waals surface area contributed by atoms with Crippen molar-refractivity contribution >= 4 is 16.5 Å². The first-order valence-corrected chi connectivity index (χ1v) is 10.7. The Kier molecular flexibility index (Phi) is 5.10. The molecule has 160 valence electrons. The molecule has 0 bridgehead atoms. The lowest BCUT2D eigenvalue weighted by Crippen LogP contribution is -2.60. The van der Waals surface area contributed by atoms with Crippen LogP contribution in [0.1, 0.15) is 33.3 Å². The third-order valence-corrected chi connectivity index (χ3v) is 5.59. The molecule has 29 heavy (non-hydrogen) atoms. The quantitative estimate of drug-likeness (QED) is 0.655. The van der Waals surface area contributed by atoms with Crippen LogP contribution in [0, 0.1) is 0 Å². The van der Waals surface area contributed by atoms with Gasteiger partial charge in [0.15, 0.2) is 11.6 Å². The van der Waals surface area contributed by atoms with Crippen molar-refractivity contribution in [2.24, 2.45) is 4.40 Å². The molecule has 0 radical (unpaired) electrons. The Morgan fingerprint density at radius 3 is 2.55 bits per heavy atom. The highest BCUT2D eigenvalue weighted by Gasteiger charge is 2.65. The normalized spacial score (nSPS) is 35.5. The second-order valence-electron chi connectivity index (χ2n) is 8.14. The summed E-state index contributed by atoms with van der Waals surface area (Å²) in [5.41, 5.74) is 0.632. The monoisotopic (exact) mass is 427 g/mol. The van der Waals surface area contributed by atoms with Crippen LogP contribution in [-0.4, -0.2) is 63.5 Å². The van der Waals surface area contributed by atoms with E-state index in [0.717, 1.165) is 0 Å². The van der Waals surface area contributed by atoms with Gasteiger partial charge in [-0.05, 0) is 33.3 Å². The minimum Gasteiger partial charge on any atom is -0.343 e. The molecule has 4 atom stereocenters. The van der Waals surface area contributed by atoms with Gasteiger partial charge in [0, 0.05) is 6.21 Å². The lowest BCUT2D eigenvalue weighted by molar-refractivity contribution is -0.290. The zero-order chi connectivity index (χ0) is 20.9. The Morgan fingerprint density at radius 1 is 1.10 bits per heavy atom. The fraction of sp³-hybridized carbons (Fsp3) is 0.632. The van der Waals surface area contributed by atoms with Crippen LogP contribution in [0.3, 0.4) is 0 Å². The third-order valence-electron chi connectivity index (χ3n) is 4.81. The fourth-order valence-electron chi connectivity index (χ4n) is 3.80. The summed E-state index contributed by atoms with van der Waals surface area (Å²) in [6.07, 6.45) is -0.353. The summed E-state index contributed by atoms with van der Waals surface area (Å²) in [6, 6.07) is 8.84. The van der Waals surface area contributed by atoms with Gasteiger partial charge in [-0.1, -0.05) is 30.3 Å². The van der Waals surface area contributed by atoms with E-state index in [1.54, 1.807) is 52.0 Å². The average Bonchev–Trinajstić information content (AvgIpc) is 3.11. The molecule has 1 unspecified atom stereocenters. The van der Waals surface area contributed by atoms with Gasteiger partial charge < -0.3 is 23.7 Å². The number of nitrogens with zero attached hydrogens (tertiary/aromatic N) is 1. The van der Waals surface area contributed by atoms with E-state index in [0.29, 0.717) is 5.56 Å². The minimum atomic E-state index is -4.22. The van der Waals surface area contributed by atoms with Gasteiger partial charge in [0.1, 0.15) is 24.9 Å². The molecule has 3 aliphatic rings. The van der Waals surface area contributed by atoms with Gasteiger partial charge >= 0.3 is 10.3 Å². The van der Waals surface area contributed by atoms with E-state index in [2.05, 4.69) is 4.40 Å². The van der Waals surface area contributed by atoms with E-state index in [-0.39, 0.29) is 12.7 Å². The largest absolute Gasteiger partial charge is 0.381 e. The number of ether oxygens (including phenoxy) is 5. The first-order chi connectivity index (χ1) is 13.5. The van der Waals surface area contributed by atoms with Gasteiger partial charge in [-0.3, -0.25) is 0 Å². The van der Waals surface area contributed by atoms with Crippen LogP contribution in [0.4, 0.5) is 0 Å². The molecule has 10 heteroatoms. The van der Waals surface area contributed by atoms with Crippen molar-refractivity contribution in [3.8, 4) is 0 Å². The van der Waals surface area contributed by atoms with Gasteiger partial charge in [-0.2, -0.15) is 8.42 Å². The predicted octanol–water partition coefficient (Wildman–Crippen LogP) is 1.76. The highest BCUT2D eigenvalue weighted by molar-refractivity contribution is 7.85. The maximum Gasteiger partial charge on any atom is 0.381 e. The molecule has 3 aliphatic heterocycles. The summed E-state index contributed by atoms with van der Waals surface area (Å²) in [5, 5.41) is 0. The Morgan fingerprint density at radius 2 is 1.83 bits per heavy atom. The Hall–Kier alpha value is -1.40. The Labute approximate surface area is 170 Å². The SMILES string of the molecule is CC1(C)O[C@@H]2CO[C@@]3(COS(=O)(=O)N=Cc4ccccc4)OC(C)(C)OC3[C@@H]2O1. The molecule has 0 aliphatic carbocycles. The first kappa shape index (κ1) is 20.9. The second kappa shape index (κ2) is 7.09.